The predicted octanol–water partition coefficient (Wildman–Crippen LogP) is 3.51. The molecule has 24 heavy (non-hydrogen) atoms. The molecule has 2 rings (SSSR count). The summed E-state index contributed by atoms with van der Waals surface area (Å²) in [7, 11) is 4.39. The van der Waals surface area contributed by atoms with E-state index in [0.717, 1.165) is 0 Å². The number of carbonyl (C=O) groups excluding carboxylic acids is 2. The molecule has 0 N–H and O–H groups in total. The molecule has 0 aliphatic rings. The monoisotopic (exact) mass is 394 g/mol. The van der Waals surface area contributed by atoms with Crippen molar-refractivity contribution in [2.45, 2.75) is 0 Å². The van der Waals surface area contributed by atoms with Gasteiger partial charge in [0.15, 0.2) is 11.5 Å². The van der Waals surface area contributed by atoms with Gasteiger partial charge < -0.3 is 18.9 Å². The molecular weight excluding hydrogens is 380 g/mol. The van der Waals surface area contributed by atoms with Crippen molar-refractivity contribution in [2.24, 2.45) is 0 Å². The summed E-state index contributed by atoms with van der Waals surface area (Å²) in [6.07, 6.45) is 0.672. The normalized spacial score (nSPS) is 10.0. The first-order chi connectivity index (χ1) is 11.5. The first-order valence-electron chi connectivity index (χ1n) is 6.80. The van der Waals surface area contributed by atoms with Gasteiger partial charge in [-0.25, -0.2) is 4.79 Å². The van der Waals surface area contributed by atoms with Crippen molar-refractivity contribution >= 4 is 28.2 Å². The minimum absolute atomic E-state index is 0.176. The zero-order chi connectivity index (χ0) is 17.7. The lowest BCUT2D eigenvalue weighted by Crippen LogP contribution is -2.10. The quantitative estimate of drug-likeness (QED) is 0.424. The van der Waals surface area contributed by atoms with E-state index in [4.69, 9.17) is 18.9 Å². The number of hydrogen-bond acceptors (Lipinski definition) is 6. The Morgan fingerprint density at radius 2 is 1.58 bits per heavy atom. The van der Waals surface area contributed by atoms with Crippen LogP contribution in [-0.4, -0.2) is 33.6 Å². The number of aldehydes is 1. The smallest absolute Gasteiger partial charge is 0.343 e. The van der Waals surface area contributed by atoms with Gasteiger partial charge in [-0.1, -0.05) is 0 Å². The van der Waals surface area contributed by atoms with Gasteiger partial charge in [-0.2, -0.15) is 0 Å². The van der Waals surface area contributed by atoms with Gasteiger partial charge >= 0.3 is 5.97 Å². The topological polar surface area (TPSA) is 71.1 Å². The molecule has 7 heteroatoms. The number of rotatable bonds is 6. The summed E-state index contributed by atoms with van der Waals surface area (Å²) in [5.74, 6) is 0.738. The lowest BCUT2D eigenvalue weighted by atomic mass is 10.2. The van der Waals surface area contributed by atoms with Crippen LogP contribution < -0.4 is 18.9 Å². The van der Waals surface area contributed by atoms with Crippen LogP contribution in [0, 0.1) is 0 Å². The highest BCUT2D eigenvalue weighted by Crippen LogP contribution is 2.37. The second-order valence-electron chi connectivity index (χ2n) is 4.64. The Balaban J connectivity index is 2.38. The molecule has 0 unspecified atom stereocenters. The number of carbonyl (C=O) groups is 2. The van der Waals surface area contributed by atoms with Gasteiger partial charge in [0.05, 0.1) is 31.4 Å². The highest BCUT2D eigenvalue weighted by molar-refractivity contribution is 9.10. The average Bonchev–Trinajstić information content (AvgIpc) is 2.62. The van der Waals surface area contributed by atoms with E-state index in [9.17, 15) is 9.59 Å². The van der Waals surface area contributed by atoms with Crippen molar-refractivity contribution < 1.29 is 28.5 Å². The third kappa shape index (κ3) is 3.86. The number of ether oxygens (including phenoxy) is 4. The summed E-state index contributed by atoms with van der Waals surface area (Å²) in [6.45, 7) is 0. The largest absolute Gasteiger partial charge is 0.497 e. The van der Waals surface area contributed by atoms with Crippen molar-refractivity contribution in [1.82, 2.24) is 0 Å². The van der Waals surface area contributed by atoms with Gasteiger partial charge in [-0.3, -0.25) is 4.79 Å². The van der Waals surface area contributed by atoms with E-state index < -0.39 is 5.97 Å². The van der Waals surface area contributed by atoms with E-state index in [1.165, 1.54) is 45.6 Å². The minimum Gasteiger partial charge on any atom is -0.497 e. The third-order valence-corrected chi connectivity index (χ3v) is 3.76. The van der Waals surface area contributed by atoms with E-state index in [-0.39, 0.29) is 17.1 Å². The fraction of sp³-hybridized carbons (Fsp3) is 0.176. The first kappa shape index (κ1) is 17.8. The van der Waals surface area contributed by atoms with Gasteiger partial charge in [0.2, 0.25) is 0 Å². The Morgan fingerprint density at radius 1 is 0.958 bits per heavy atom. The molecule has 0 saturated carbocycles. The molecule has 0 aliphatic heterocycles. The Kier molecular flexibility index (Phi) is 5.81. The molecule has 0 aromatic heterocycles. The van der Waals surface area contributed by atoms with Crippen LogP contribution in [0.2, 0.25) is 0 Å². The molecule has 2 aromatic carbocycles. The van der Waals surface area contributed by atoms with Crippen LogP contribution in [0.25, 0.3) is 0 Å². The molecule has 0 spiro atoms. The number of halogens is 1. The molecule has 0 saturated heterocycles. The zero-order valence-corrected chi connectivity index (χ0v) is 14.9. The van der Waals surface area contributed by atoms with Gasteiger partial charge in [0.1, 0.15) is 17.8 Å². The number of benzene rings is 2. The van der Waals surface area contributed by atoms with Gasteiger partial charge in [0.25, 0.3) is 0 Å². The molecule has 0 aliphatic carbocycles. The summed E-state index contributed by atoms with van der Waals surface area (Å²) in [5.41, 5.74) is 0.640. The SMILES string of the molecule is COc1cc(OC)cc(C(=O)Oc2c(Br)cc(C=O)cc2OC)c1. The molecule has 0 radical (unpaired) electrons. The van der Waals surface area contributed by atoms with Crippen LogP contribution in [0.3, 0.4) is 0 Å². The Labute approximate surface area is 147 Å². The molecule has 0 atom stereocenters. The Hall–Kier alpha value is -2.54. The van der Waals surface area contributed by atoms with Crippen LogP contribution in [0.1, 0.15) is 20.7 Å². The van der Waals surface area contributed by atoms with Crippen molar-refractivity contribution in [1.29, 1.82) is 0 Å². The van der Waals surface area contributed by atoms with E-state index in [1.54, 1.807) is 6.07 Å². The maximum absolute atomic E-state index is 12.4. The fourth-order valence-electron chi connectivity index (χ4n) is 1.98. The van der Waals surface area contributed by atoms with Crippen molar-refractivity contribution in [2.75, 3.05) is 21.3 Å². The van der Waals surface area contributed by atoms with Crippen LogP contribution in [0.4, 0.5) is 0 Å². The summed E-state index contributed by atoms with van der Waals surface area (Å²) < 4.78 is 21.3. The maximum atomic E-state index is 12.4. The van der Waals surface area contributed by atoms with Crippen molar-refractivity contribution in [3.05, 3.63) is 45.9 Å². The van der Waals surface area contributed by atoms with Crippen LogP contribution >= 0.6 is 15.9 Å². The second kappa shape index (κ2) is 7.83. The van der Waals surface area contributed by atoms with E-state index in [0.29, 0.717) is 27.8 Å². The summed E-state index contributed by atoms with van der Waals surface area (Å²) in [4.78, 5) is 23.4. The first-order valence-corrected chi connectivity index (χ1v) is 7.59. The standard InChI is InChI=1S/C17H15BrO6/c1-21-12-6-11(7-13(8-12)22-2)17(20)24-16-14(18)4-10(9-19)5-15(16)23-3/h4-9H,1-3H3. The maximum Gasteiger partial charge on any atom is 0.343 e. The van der Waals surface area contributed by atoms with Crippen molar-refractivity contribution in [3.8, 4) is 23.0 Å². The van der Waals surface area contributed by atoms with Crippen molar-refractivity contribution in [3.63, 3.8) is 0 Å². The van der Waals surface area contributed by atoms with Gasteiger partial charge in [-0.15, -0.1) is 0 Å². The zero-order valence-electron chi connectivity index (χ0n) is 13.3. The minimum atomic E-state index is -0.620. The Morgan fingerprint density at radius 3 is 2.08 bits per heavy atom. The molecule has 0 heterocycles. The summed E-state index contributed by atoms with van der Waals surface area (Å²) in [6, 6.07) is 7.72. The average molecular weight is 395 g/mol. The molecule has 2 aromatic rings. The number of methoxy groups -OCH3 is 3. The number of hydrogen-bond donors (Lipinski definition) is 0. The lowest BCUT2D eigenvalue weighted by molar-refractivity contribution is 0.0727. The van der Waals surface area contributed by atoms with E-state index in [2.05, 4.69) is 15.9 Å². The molecular formula is C17H15BrO6. The van der Waals surface area contributed by atoms with Crippen LogP contribution in [0.5, 0.6) is 23.0 Å². The van der Waals surface area contributed by atoms with Crippen LogP contribution in [0.15, 0.2) is 34.8 Å². The summed E-state index contributed by atoms with van der Waals surface area (Å²) >= 11 is 3.27. The molecule has 6 nitrogen and oxygen atoms in total. The highest BCUT2D eigenvalue weighted by Gasteiger charge is 2.18. The molecule has 126 valence electrons. The Bertz CT molecular complexity index is 750. The molecule has 0 amide bonds. The lowest BCUT2D eigenvalue weighted by Gasteiger charge is -2.13. The predicted molar refractivity (Wildman–Crippen MR) is 90.6 cm³/mol. The van der Waals surface area contributed by atoms with E-state index in [1.807, 2.05) is 0 Å². The second-order valence-corrected chi connectivity index (χ2v) is 5.50. The third-order valence-electron chi connectivity index (χ3n) is 3.17. The van der Waals surface area contributed by atoms with Gasteiger partial charge in [0, 0.05) is 11.6 Å². The summed E-state index contributed by atoms with van der Waals surface area (Å²) in [5, 5.41) is 0. The molecule has 0 fully saturated rings. The molecule has 0 bridgehead atoms. The van der Waals surface area contributed by atoms with Gasteiger partial charge in [-0.05, 0) is 40.2 Å². The van der Waals surface area contributed by atoms with Crippen LogP contribution in [-0.2, 0) is 0 Å². The fourth-order valence-corrected chi connectivity index (χ4v) is 2.52. The number of esters is 1. The highest BCUT2D eigenvalue weighted by atomic mass is 79.9. The van der Waals surface area contributed by atoms with E-state index >= 15 is 0 Å².